The van der Waals surface area contributed by atoms with Crippen LogP contribution in [0.5, 0.6) is 11.5 Å². The van der Waals surface area contributed by atoms with E-state index in [4.69, 9.17) is 21.1 Å². The van der Waals surface area contributed by atoms with E-state index in [0.29, 0.717) is 30.5 Å². The third kappa shape index (κ3) is 5.33. The van der Waals surface area contributed by atoms with Gasteiger partial charge in [0.25, 0.3) is 0 Å². The summed E-state index contributed by atoms with van der Waals surface area (Å²) in [5, 5.41) is 11.0. The molecule has 3 aromatic rings. The molecule has 0 saturated carbocycles. The van der Waals surface area contributed by atoms with Gasteiger partial charge >= 0.3 is 0 Å². The van der Waals surface area contributed by atoms with Gasteiger partial charge < -0.3 is 19.1 Å². The fourth-order valence-corrected chi connectivity index (χ4v) is 3.82. The van der Waals surface area contributed by atoms with Crippen LogP contribution in [-0.2, 0) is 13.1 Å². The maximum Gasteiger partial charge on any atom is 0.138 e. The fourth-order valence-electron chi connectivity index (χ4n) is 3.64. The van der Waals surface area contributed by atoms with Gasteiger partial charge in [-0.15, -0.1) is 0 Å². The molecule has 0 bridgehead atoms. The first-order valence-electron chi connectivity index (χ1n) is 10.1. The van der Waals surface area contributed by atoms with Crippen LogP contribution in [0, 0.1) is 6.92 Å². The zero-order valence-corrected chi connectivity index (χ0v) is 17.7. The third-order valence-corrected chi connectivity index (χ3v) is 5.49. The molecule has 1 fully saturated rings. The van der Waals surface area contributed by atoms with E-state index in [1.807, 2.05) is 37.4 Å². The molecule has 0 spiro atoms. The van der Waals surface area contributed by atoms with Gasteiger partial charge in [0.2, 0.25) is 0 Å². The highest BCUT2D eigenvalue weighted by Crippen LogP contribution is 2.23. The second kappa shape index (κ2) is 9.51. The van der Waals surface area contributed by atoms with Crippen LogP contribution in [0.2, 0.25) is 5.02 Å². The number of aryl methyl sites for hydroxylation is 1. The van der Waals surface area contributed by atoms with Crippen molar-refractivity contribution < 1.29 is 14.6 Å². The summed E-state index contributed by atoms with van der Waals surface area (Å²) in [4.78, 5) is 6.40. The highest BCUT2D eigenvalue weighted by atomic mass is 35.5. The van der Waals surface area contributed by atoms with Crippen LogP contribution in [0.15, 0.2) is 60.9 Å². The number of nitrogens with zero attached hydrogens (tertiary/aromatic N) is 3. The lowest BCUT2D eigenvalue weighted by atomic mass is 10.2. The number of rotatable bonds is 8. The quantitative estimate of drug-likeness (QED) is 0.595. The molecule has 1 saturated heterocycles. The van der Waals surface area contributed by atoms with Crippen molar-refractivity contribution in [2.75, 3.05) is 19.7 Å². The van der Waals surface area contributed by atoms with Crippen LogP contribution >= 0.6 is 11.6 Å². The predicted octanol–water partition coefficient (Wildman–Crippen LogP) is 3.55. The summed E-state index contributed by atoms with van der Waals surface area (Å²) in [7, 11) is 0. The molecular formula is C23H26ClN3O3. The minimum absolute atomic E-state index is 0.266. The van der Waals surface area contributed by atoms with Gasteiger partial charge in [-0.3, -0.25) is 4.90 Å². The number of halogens is 1. The summed E-state index contributed by atoms with van der Waals surface area (Å²) in [6.07, 6.45) is 2.95. The number of benzene rings is 2. The molecule has 4 rings (SSSR count). The van der Waals surface area contributed by atoms with Gasteiger partial charge in [0.1, 0.15) is 36.1 Å². The van der Waals surface area contributed by atoms with Crippen molar-refractivity contribution in [1.82, 2.24) is 14.5 Å². The lowest BCUT2D eigenvalue weighted by Gasteiger charge is -2.17. The van der Waals surface area contributed by atoms with Crippen LogP contribution in [0.1, 0.15) is 11.4 Å². The lowest BCUT2D eigenvalue weighted by Crippen LogP contribution is -2.29. The highest BCUT2D eigenvalue weighted by molar-refractivity contribution is 6.30. The van der Waals surface area contributed by atoms with Gasteiger partial charge in [0.05, 0.1) is 6.54 Å². The Hall–Kier alpha value is -2.54. The third-order valence-electron chi connectivity index (χ3n) is 5.25. The second-order valence-corrected chi connectivity index (χ2v) is 7.97. The van der Waals surface area contributed by atoms with Crippen molar-refractivity contribution >= 4 is 11.6 Å². The molecule has 1 aromatic heterocycles. The molecule has 158 valence electrons. The Morgan fingerprint density at radius 1 is 1.13 bits per heavy atom. The van der Waals surface area contributed by atoms with E-state index in [-0.39, 0.29) is 6.10 Å². The zero-order valence-electron chi connectivity index (χ0n) is 16.9. The fraction of sp³-hybridized carbons (Fsp3) is 0.348. The van der Waals surface area contributed by atoms with E-state index >= 15 is 0 Å². The number of aliphatic hydroxyl groups excluding tert-OH is 1. The van der Waals surface area contributed by atoms with Crippen LogP contribution in [0.4, 0.5) is 0 Å². The van der Waals surface area contributed by atoms with Crippen molar-refractivity contribution in [3.05, 3.63) is 77.3 Å². The summed E-state index contributed by atoms with van der Waals surface area (Å²) in [6, 6.07) is 15.4. The number of hydrogen-bond acceptors (Lipinski definition) is 5. The minimum Gasteiger partial charge on any atom is -0.492 e. The van der Waals surface area contributed by atoms with Crippen LogP contribution in [0.3, 0.4) is 0 Å². The van der Waals surface area contributed by atoms with Gasteiger partial charge in [-0.05, 0) is 42.8 Å². The molecule has 30 heavy (non-hydrogen) atoms. The van der Waals surface area contributed by atoms with Crippen LogP contribution in [-0.4, -0.2) is 51.5 Å². The average Bonchev–Trinajstić information content (AvgIpc) is 3.28. The van der Waals surface area contributed by atoms with Crippen molar-refractivity contribution in [2.24, 2.45) is 0 Å². The molecule has 2 heterocycles. The molecule has 0 amide bonds. The predicted molar refractivity (Wildman–Crippen MR) is 116 cm³/mol. The SMILES string of the molecule is Cc1nccn1CCOc1ccc(CN2C[C@H](Oc3cccc(Cl)c3)[C@@H](O)C2)cc1. The van der Waals surface area contributed by atoms with Crippen LogP contribution in [0.25, 0.3) is 0 Å². The van der Waals surface area contributed by atoms with Gasteiger partial charge in [0.15, 0.2) is 0 Å². The standard InChI is InChI=1S/C23H26ClN3O3/c1-17-25-9-10-27(17)11-12-29-20-7-5-18(6-8-20)14-26-15-22(28)23(16-26)30-21-4-2-3-19(24)13-21/h2-10,13,22-23,28H,11-12,14-16H2,1H3/t22-,23-/m0/s1. The van der Waals surface area contributed by atoms with Crippen molar-refractivity contribution in [3.8, 4) is 11.5 Å². The number of aliphatic hydroxyl groups is 1. The van der Waals surface area contributed by atoms with Gasteiger partial charge in [-0.1, -0.05) is 29.8 Å². The molecule has 2 aromatic carbocycles. The maximum absolute atomic E-state index is 10.4. The topological polar surface area (TPSA) is 59.8 Å². The number of likely N-dealkylation sites (tertiary alicyclic amines) is 1. The summed E-state index contributed by atoms with van der Waals surface area (Å²) in [6.45, 7) is 5.34. The van der Waals surface area contributed by atoms with E-state index < -0.39 is 6.10 Å². The Kier molecular flexibility index (Phi) is 6.57. The van der Waals surface area contributed by atoms with E-state index in [0.717, 1.165) is 24.7 Å². The van der Waals surface area contributed by atoms with Gasteiger partial charge in [-0.2, -0.15) is 0 Å². The molecule has 1 N–H and O–H groups in total. The molecular weight excluding hydrogens is 402 g/mol. The van der Waals surface area contributed by atoms with Gasteiger partial charge in [-0.25, -0.2) is 4.98 Å². The van der Waals surface area contributed by atoms with E-state index in [2.05, 4.69) is 26.6 Å². The largest absolute Gasteiger partial charge is 0.492 e. The number of imidazole rings is 1. The number of ether oxygens (including phenoxy) is 2. The van der Waals surface area contributed by atoms with E-state index in [1.54, 1.807) is 18.3 Å². The number of aromatic nitrogens is 2. The first-order valence-corrected chi connectivity index (χ1v) is 10.5. The summed E-state index contributed by atoms with van der Waals surface area (Å²) in [5.74, 6) is 2.51. The molecule has 1 aliphatic rings. The van der Waals surface area contributed by atoms with Crippen molar-refractivity contribution in [2.45, 2.75) is 32.2 Å². The van der Waals surface area contributed by atoms with Crippen LogP contribution < -0.4 is 9.47 Å². The Morgan fingerprint density at radius 3 is 2.70 bits per heavy atom. The monoisotopic (exact) mass is 427 g/mol. The summed E-state index contributed by atoms with van der Waals surface area (Å²) >= 11 is 6.01. The zero-order chi connectivity index (χ0) is 20.9. The van der Waals surface area contributed by atoms with Crippen molar-refractivity contribution in [3.63, 3.8) is 0 Å². The Bertz CT molecular complexity index is 960. The smallest absolute Gasteiger partial charge is 0.138 e. The average molecular weight is 428 g/mol. The summed E-state index contributed by atoms with van der Waals surface area (Å²) < 4.78 is 13.8. The lowest BCUT2D eigenvalue weighted by molar-refractivity contribution is 0.0737. The number of hydrogen-bond donors (Lipinski definition) is 1. The van der Waals surface area contributed by atoms with E-state index in [9.17, 15) is 5.11 Å². The first kappa shape index (κ1) is 20.7. The van der Waals surface area contributed by atoms with Gasteiger partial charge in [0, 0.05) is 37.1 Å². The Labute approximate surface area is 181 Å². The Morgan fingerprint density at radius 2 is 1.97 bits per heavy atom. The maximum atomic E-state index is 10.4. The molecule has 0 unspecified atom stereocenters. The normalized spacial score (nSPS) is 19.2. The molecule has 2 atom stereocenters. The second-order valence-electron chi connectivity index (χ2n) is 7.54. The molecule has 6 nitrogen and oxygen atoms in total. The molecule has 7 heteroatoms. The van der Waals surface area contributed by atoms with E-state index in [1.165, 1.54) is 5.56 Å². The minimum atomic E-state index is -0.529. The Balaban J connectivity index is 1.25. The molecule has 1 aliphatic heterocycles. The summed E-state index contributed by atoms with van der Waals surface area (Å²) in [5.41, 5.74) is 1.17. The molecule has 0 aliphatic carbocycles. The highest BCUT2D eigenvalue weighted by Gasteiger charge is 2.33. The number of β-amino-alcohol motifs (C(OH)–C–C–N with tert-alkyl or cyclic N) is 1. The van der Waals surface area contributed by atoms with Crippen molar-refractivity contribution in [1.29, 1.82) is 0 Å². The first-order chi connectivity index (χ1) is 14.6. The molecule has 0 radical (unpaired) electrons.